The molecule has 0 unspecified atom stereocenters. The maximum atomic E-state index is 12.7. The lowest BCUT2D eigenvalue weighted by Gasteiger charge is -2.14. The van der Waals surface area contributed by atoms with Gasteiger partial charge in [-0.1, -0.05) is 29.8 Å². The van der Waals surface area contributed by atoms with Gasteiger partial charge in [-0.05, 0) is 25.1 Å². The van der Waals surface area contributed by atoms with E-state index in [0.717, 1.165) is 11.1 Å². The number of esters is 1. The van der Waals surface area contributed by atoms with Crippen molar-refractivity contribution < 1.29 is 32.2 Å². The normalized spacial score (nSPS) is 10.8. The van der Waals surface area contributed by atoms with Gasteiger partial charge in [-0.3, -0.25) is 4.79 Å². The van der Waals surface area contributed by atoms with Gasteiger partial charge in [0.1, 0.15) is 6.61 Å². The molecule has 7 nitrogen and oxygen atoms in total. The Morgan fingerprint density at radius 1 is 1.13 bits per heavy atom. The van der Waals surface area contributed by atoms with Crippen LogP contribution in [0.5, 0.6) is 11.5 Å². The maximum Gasteiger partial charge on any atom is 0.387 e. The van der Waals surface area contributed by atoms with Crippen LogP contribution >= 0.6 is 0 Å². The molecule has 0 fully saturated rings. The molecule has 1 heterocycles. The zero-order chi connectivity index (χ0) is 21.5. The number of hydrogen-bond donors (Lipinski definition) is 0. The van der Waals surface area contributed by atoms with Crippen LogP contribution in [0.25, 0.3) is 11.5 Å². The van der Waals surface area contributed by atoms with Crippen LogP contribution in [0.4, 0.5) is 8.78 Å². The fourth-order valence-electron chi connectivity index (χ4n) is 2.67. The second kappa shape index (κ2) is 9.82. The summed E-state index contributed by atoms with van der Waals surface area (Å²) in [7, 11) is 1.33. The number of rotatable bonds is 9. The highest BCUT2D eigenvalue weighted by molar-refractivity contribution is 5.69. The first-order valence-corrected chi connectivity index (χ1v) is 9.12. The van der Waals surface area contributed by atoms with E-state index in [9.17, 15) is 13.6 Å². The lowest BCUT2D eigenvalue weighted by molar-refractivity contribution is -0.145. The van der Waals surface area contributed by atoms with E-state index in [0.29, 0.717) is 11.8 Å². The molecule has 3 aromatic rings. The first-order valence-electron chi connectivity index (χ1n) is 9.12. The second-order valence-corrected chi connectivity index (χ2v) is 6.35. The maximum absolute atomic E-state index is 12.7. The van der Waals surface area contributed by atoms with Gasteiger partial charge in [0.15, 0.2) is 11.5 Å². The molecular formula is C21H20F2N2O5. The van der Waals surface area contributed by atoms with Crippen molar-refractivity contribution in [2.75, 3.05) is 7.11 Å². The molecule has 0 saturated carbocycles. The van der Waals surface area contributed by atoms with Crippen molar-refractivity contribution in [1.29, 1.82) is 0 Å². The average molecular weight is 418 g/mol. The Balaban J connectivity index is 1.55. The fourth-order valence-corrected chi connectivity index (χ4v) is 2.67. The molecule has 1 aromatic heterocycles. The van der Waals surface area contributed by atoms with Gasteiger partial charge in [-0.25, -0.2) is 0 Å². The topological polar surface area (TPSA) is 83.7 Å². The number of benzene rings is 2. The summed E-state index contributed by atoms with van der Waals surface area (Å²) >= 11 is 0. The predicted octanol–water partition coefficient (Wildman–Crippen LogP) is 4.33. The lowest BCUT2D eigenvalue weighted by atomic mass is 10.1. The predicted molar refractivity (Wildman–Crippen MR) is 102 cm³/mol. The minimum atomic E-state index is -3.03. The summed E-state index contributed by atoms with van der Waals surface area (Å²) in [5.74, 6) is 0.0749. The number of aryl methyl sites for hydroxylation is 2. The first-order chi connectivity index (χ1) is 14.5. The molecule has 2 aromatic carbocycles. The van der Waals surface area contributed by atoms with Gasteiger partial charge in [0.05, 0.1) is 13.5 Å². The summed E-state index contributed by atoms with van der Waals surface area (Å²) in [6, 6.07) is 12.2. The van der Waals surface area contributed by atoms with Crippen LogP contribution in [-0.4, -0.2) is 29.9 Å². The molecule has 0 aliphatic rings. The van der Waals surface area contributed by atoms with E-state index < -0.39 is 12.6 Å². The SMILES string of the molecule is COc1cccc(COC(=O)CCc2nnc(-c3ccc(C)cc3)o2)c1OC(F)F. The third-order valence-electron chi connectivity index (χ3n) is 4.18. The molecule has 30 heavy (non-hydrogen) atoms. The number of aromatic nitrogens is 2. The van der Waals surface area contributed by atoms with Crippen LogP contribution < -0.4 is 9.47 Å². The van der Waals surface area contributed by atoms with Crippen molar-refractivity contribution in [2.45, 2.75) is 33.0 Å². The second-order valence-electron chi connectivity index (χ2n) is 6.35. The third-order valence-corrected chi connectivity index (χ3v) is 4.18. The number of halogens is 2. The van der Waals surface area contributed by atoms with Crippen molar-refractivity contribution in [2.24, 2.45) is 0 Å². The molecule has 0 spiro atoms. The van der Waals surface area contributed by atoms with Crippen molar-refractivity contribution >= 4 is 5.97 Å². The summed E-state index contributed by atoms with van der Waals surface area (Å²) in [5, 5.41) is 7.91. The van der Waals surface area contributed by atoms with E-state index in [1.807, 2.05) is 31.2 Å². The van der Waals surface area contributed by atoms with E-state index in [1.54, 1.807) is 6.07 Å². The molecule has 9 heteroatoms. The Bertz CT molecular complexity index is 989. The van der Waals surface area contributed by atoms with Gasteiger partial charge in [0, 0.05) is 17.5 Å². The van der Waals surface area contributed by atoms with E-state index in [1.165, 1.54) is 19.2 Å². The van der Waals surface area contributed by atoms with Crippen LogP contribution in [0, 0.1) is 6.92 Å². The van der Waals surface area contributed by atoms with Gasteiger partial charge in [-0.15, -0.1) is 10.2 Å². The third kappa shape index (κ3) is 5.53. The number of methoxy groups -OCH3 is 1. The van der Waals surface area contributed by atoms with Crippen LogP contribution in [0.3, 0.4) is 0 Å². The van der Waals surface area contributed by atoms with Crippen molar-refractivity contribution in [3.8, 4) is 23.0 Å². The molecule has 0 atom stereocenters. The summed E-state index contributed by atoms with van der Waals surface area (Å²) < 4.78 is 45.6. The van der Waals surface area contributed by atoms with Crippen LogP contribution in [0.1, 0.15) is 23.4 Å². The number of ether oxygens (including phenoxy) is 3. The standard InChI is InChI=1S/C21H20F2N2O5/c1-13-6-8-14(9-7-13)20-25-24-17(29-20)10-11-18(26)28-12-15-4-3-5-16(27-2)19(15)30-21(22)23/h3-9,21H,10-12H2,1-2H3. The summed E-state index contributed by atoms with van der Waals surface area (Å²) in [6.07, 6.45) is 0.181. The van der Waals surface area contributed by atoms with E-state index in [-0.39, 0.29) is 36.5 Å². The Hall–Kier alpha value is -3.49. The van der Waals surface area contributed by atoms with Crippen LogP contribution in [0.15, 0.2) is 46.9 Å². The molecule has 0 amide bonds. The fraction of sp³-hybridized carbons (Fsp3) is 0.286. The highest BCUT2D eigenvalue weighted by Crippen LogP contribution is 2.33. The van der Waals surface area contributed by atoms with E-state index in [4.69, 9.17) is 13.9 Å². The number of nitrogens with zero attached hydrogens (tertiary/aromatic N) is 2. The Kier molecular flexibility index (Phi) is 6.95. The smallest absolute Gasteiger partial charge is 0.387 e. The van der Waals surface area contributed by atoms with Gasteiger partial charge in [-0.2, -0.15) is 8.78 Å². The van der Waals surface area contributed by atoms with Crippen LogP contribution in [0.2, 0.25) is 0 Å². The molecular weight excluding hydrogens is 398 g/mol. The quantitative estimate of drug-likeness (QED) is 0.478. The van der Waals surface area contributed by atoms with Crippen molar-refractivity contribution in [3.05, 3.63) is 59.5 Å². The van der Waals surface area contributed by atoms with E-state index in [2.05, 4.69) is 14.9 Å². The molecule has 0 aliphatic heterocycles. The number of carbonyl (C=O) groups excluding carboxylic acids is 1. The monoisotopic (exact) mass is 418 g/mol. The highest BCUT2D eigenvalue weighted by Gasteiger charge is 2.17. The van der Waals surface area contributed by atoms with Gasteiger partial charge >= 0.3 is 12.6 Å². The lowest BCUT2D eigenvalue weighted by Crippen LogP contribution is -2.10. The van der Waals surface area contributed by atoms with Gasteiger partial charge < -0.3 is 18.6 Å². The summed E-state index contributed by atoms with van der Waals surface area (Å²) in [6.45, 7) is -1.30. The highest BCUT2D eigenvalue weighted by atomic mass is 19.3. The average Bonchev–Trinajstić information content (AvgIpc) is 3.20. The zero-order valence-electron chi connectivity index (χ0n) is 16.4. The van der Waals surface area contributed by atoms with Gasteiger partial charge in [0.25, 0.3) is 0 Å². The van der Waals surface area contributed by atoms with E-state index >= 15 is 0 Å². The molecule has 0 bridgehead atoms. The summed E-state index contributed by atoms with van der Waals surface area (Å²) in [4.78, 5) is 12.1. The van der Waals surface area contributed by atoms with Crippen molar-refractivity contribution in [3.63, 3.8) is 0 Å². The molecule has 0 aliphatic carbocycles. The number of hydrogen-bond acceptors (Lipinski definition) is 7. The zero-order valence-corrected chi connectivity index (χ0v) is 16.4. The minimum Gasteiger partial charge on any atom is -0.493 e. The number of alkyl halides is 2. The Labute approximate surface area is 171 Å². The first kappa shape index (κ1) is 21.2. The molecule has 158 valence electrons. The van der Waals surface area contributed by atoms with Crippen molar-refractivity contribution in [1.82, 2.24) is 10.2 Å². The largest absolute Gasteiger partial charge is 0.493 e. The molecule has 0 N–H and O–H groups in total. The summed E-state index contributed by atoms with van der Waals surface area (Å²) in [5.41, 5.74) is 2.16. The molecule has 0 radical (unpaired) electrons. The van der Waals surface area contributed by atoms with Gasteiger partial charge in [0.2, 0.25) is 11.8 Å². The molecule has 0 saturated heterocycles. The molecule has 3 rings (SSSR count). The Morgan fingerprint density at radius 3 is 2.60 bits per heavy atom. The Morgan fingerprint density at radius 2 is 1.90 bits per heavy atom. The minimum absolute atomic E-state index is 0.00939. The number of para-hydroxylation sites is 1. The van der Waals surface area contributed by atoms with Crippen LogP contribution in [-0.2, 0) is 22.6 Å². The number of carbonyl (C=O) groups is 1.